The van der Waals surface area contributed by atoms with Gasteiger partial charge in [0.15, 0.2) is 0 Å². The van der Waals surface area contributed by atoms with Gasteiger partial charge < -0.3 is 25.0 Å². The third-order valence-corrected chi connectivity index (χ3v) is 4.78. The molecule has 1 saturated carbocycles. The number of anilines is 3. The standard InChI is InChI=1S/C21H25N3O4/c1-24(2)14-7-5-13(6-8-14)22-20(25)16-12-17(16)21(26)23-18-10-9-15(27-3)11-19(18)28-4/h5-11,16-17H,12H2,1-4H3,(H,22,25)(H,23,26). The number of hydrogen-bond donors (Lipinski definition) is 2. The van der Waals surface area contributed by atoms with E-state index >= 15 is 0 Å². The van der Waals surface area contributed by atoms with E-state index in [0.29, 0.717) is 23.6 Å². The lowest BCUT2D eigenvalue weighted by Gasteiger charge is -2.13. The number of ether oxygens (including phenoxy) is 2. The molecule has 0 spiro atoms. The fourth-order valence-electron chi connectivity index (χ4n) is 2.98. The number of methoxy groups -OCH3 is 2. The van der Waals surface area contributed by atoms with Gasteiger partial charge in [-0.15, -0.1) is 0 Å². The first-order chi connectivity index (χ1) is 13.4. The van der Waals surface area contributed by atoms with Gasteiger partial charge in [0.05, 0.1) is 31.7 Å². The Morgan fingerprint density at radius 3 is 2.14 bits per heavy atom. The molecule has 2 atom stereocenters. The summed E-state index contributed by atoms with van der Waals surface area (Å²) in [4.78, 5) is 26.9. The molecule has 2 unspecified atom stereocenters. The molecule has 0 aliphatic heterocycles. The van der Waals surface area contributed by atoms with Gasteiger partial charge in [-0.2, -0.15) is 0 Å². The molecule has 3 rings (SSSR count). The maximum Gasteiger partial charge on any atom is 0.228 e. The van der Waals surface area contributed by atoms with E-state index < -0.39 is 0 Å². The molecule has 2 aromatic carbocycles. The van der Waals surface area contributed by atoms with Crippen LogP contribution in [0.4, 0.5) is 17.1 Å². The van der Waals surface area contributed by atoms with Crippen LogP contribution in [-0.2, 0) is 9.59 Å². The Labute approximate surface area is 164 Å². The zero-order valence-corrected chi connectivity index (χ0v) is 16.5. The van der Waals surface area contributed by atoms with Gasteiger partial charge in [0.1, 0.15) is 11.5 Å². The van der Waals surface area contributed by atoms with Gasteiger partial charge in [-0.25, -0.2) is 0 Å². The van der Waals surface area contributed by atoms with E-state index in [0.717, 1.165) is 11.4 Å². The predicted octanol–water partition coefficient (Wildman–Crippen LogP) is 2.98. The average molecular weight is 383 g/mol. The van der Waals surface area contributed by atoms with Crippen molar-refractivity contribution in [2.75, 3.05) is 43.8 Å². The molecule has 0 bridgehead atoms. The summed E-state index contributed by atoms with van der Waals surface area (Å²) in [6.45, 7) is 0. The smallest absolute Gasteiger partial charge is 0.228 e. The van der Waals surface area contributed by atoms with Crippen LogP contribution >= 0.6 is 0 Å². The first kappa shape index (κ1) is 19.5. The van der Waals surface area contributed by atoms with Crippen molar-refractivity contribution in [2.45, 2.75) is 6.42 Å². The van der Waals surface area contributed by atoms with Crippen LogP contribution < -0.4 is 25.0 Å². The molecule has 28 heavy (non-hydrogen) atoms. The van der Waals surface area contributed by atoms with E-state index in [-0.39, 0.29) is 23.7 Å². The summed E-state index contributed by atoms with van der Waals surface area (Å²) in [6, 6.07) is 12.7. The summed E-state index contributed by atoms with van der Waals surface area (Å²) in [7, 11) is 7.01. The maximum absolute atomic E-state index is 12.5. The van der Waals surface area contributed by atoms with Crippen molar-refractivity contribution in [3.05, 3.63) is 42.5 Å². The summed E-state index contributed by atoms with van der Waals surface area (Å²) in [5.74, 6) is 0.158. The molecule has 1 aliphatic carbocycles. The molecule has 148 valence electrons. The number of benzene rings is 2. The molecule has 2 amide bonds. The largest absolute Gasteiger partial charge is 0.497 e. The van der Waals surface area contributed by atoms with Gasteiger partial charge in [0, 0.05) is 31.5 Å². The van der Waals surface area contributed by atoms with Gasteiger partial charge in [-0.1, -0.05) is 0 Å². The second-order valence-corrected chi connectivity index (χ2v) is 6.93. The van der Waals surface area contributed by atoms with Gasteiger partial charge in [-0.05, 0) is 42.8 Å². The third-order valence-electron chi connectivity index (χ3n) is 4.78. The number of nitrogens with zero attached hydrogens (tertiary/aromatic N) is 1. The van der Waals surface area contributed by atoms with Crippen molar-refractivity contribution in [3.63, 3.8) is 0 Å². The molecule has 0 radical (unpaired) electrons. The van der Waals surface area contributed by atoms with E-state index in [9.17, 15) is 9.59 Å². The summed E-state index contributed by atoms with van der Waals surface area (Å²) in [5.41, 5.74) is 2.33. The molecular weight excluding hydrogens is 358 g/mol. The highest BCUT2D eigenvalue weighted by atomic mass is 16.5. The second kappa shape index (κ2) is 8.21. The number of carbonyl (C=O) groups is 2. The topological polar surface area (TPSA) is 79.9 Å². The normalized spacial score (nSPS) is 17.4. The molecule has 0 aromatic heterocycles. The zero-order chi connectivity index (χ0) is 20.3. The highest BCUT2D eigenvalue weighted by Crippen LogP contribution is 2.41. The van der Waals surface area contributed by atoms with E-state index in [2.05, 4.69) is 10.6 Å². The summed E-state index contributed by atoms with van der Waals surface area (Å²) in [5, 5.41) is 5.72. The Bertz CT molecular complexity index is 864. The molecular formula is C21H25N3O4. The van der Waals surface area contributed by atoms with Crippen molar-refractivity contribution in [1.82, 2.24) is 0 Å². The molecule has 0 saturated heterocycles. The highest BCUT2D eigenvalue weighted by Gasteiger charge is 2.48. The summed E-state index contributed by atoms with van der Waals surface area (Å²) >= 11 is 0. The quantitative estimate of drug-likeness (QED) is 0.768. The molecule has 2 N–H and O–H groups in total. The molecule has 7 heteroatoms. The van der Waals surface area contributed by atoms with Crippen LogP contribution in [0.25, 0.3) is 0 Å². The number of carbonyl (C=O) groups excluding carboxylic acids is 2. The van der Waals surface area contributed by atoms with Crippen LogP contribution in [0.2, 0.25) is 0 Å². The fraction of sp³-hybridized carbons (Fsp3) is 0.333. The van der Waals surface area contributed by atoms with Crippen LogP contribution in [0.5, 0.6) is 11.5 Å². The van der Waals surface area contributed by atoms with Crippen LogP contribution in [0.15, 0.2) is 42.5 Å². The van der Waals surface area contributed by atoms with E-state index in [1.54, 1.807) is 25.3 Å². The summed E-state index contributed by atoms with van der Waals surface area (Å²) < 4.78 is 10.4. The Kier molecular flexibility index (Phi) is 5.73. The highest BCUT2D eigenvalue weighted by molar-refractivity contribution is 6.03. The lowest BCUT2D eigenvalue weighted by atomic mass is 10.2. The molecule has 1 aliphatic rings. The number of rotatable bonds is 7. The lowest BCUT2D eigenvalue weighted by molar-refractivity contribution is -0.122. The maximum atomic E-state index is 12.5. The molecule has 2 aromatic rings. The molecule has 7 nitrogen and oxygen atoms in total. The van der Waals surface area contributed by atoms with Gasteiger partial charge in [0.25, 0.3) is 0 Å². The Morgan fingerprint density at radius 2 is 1.57 bits per heavy atom. The van der Waals surface area contributed by atoms with Crippen LogP contribution in [0.3, 0.4) is 0 Å². The Morgan fingerprint density at radius 1 is 0.929 bits per heavy atom. The van der Waals surface area contributed by atoms with Crippen LogP contribution in [-0.4, -0.2) is 40.1 Å². The second-order valence-electron chi connectivity index (χ2n) is 6.93. The zero-order valence-electron chi connectivity index (χ0n) is 16.5. The van der Waals surface area contributed by atoms with Gasteiger partial charge in [-0.3, -0.25) is 9.59 Å². The van der Waals surface area contributed by atoms with Crippen molar-refractivity contribution >= 4 is 28.9 Å². The SMILES string of the molecule is COc1ccc(NC(=O)C2CC2C(=O)Nc2ccc(N(C)C)cc2)c(OC)c1. The minimum atomic E-state index is -0.340. The van der Waals surface area contributed by atoms with Crippen molar-refractivity contribution in [1.29, 1.82) is 0 Å². The minimum absolute atomic E-state index is 0.139. The predicted molar refractivity (Wildman–Crippen MR) is 109 cm³/mol. The monoisotopic (exact) mass is 383 g/mol. The van der Waals surface area contributed by atoms with E-state index in [1.165, 1.54) is 7.11 Å². The van der Waals surface area contributed by atoms with Crippen molar-refractivity contribution in [3.8, 4) is 11.5 Å². The lowest BCUT2D eigenvalue weighted by Crippen LogP contribution is -2.20. The Balaban J connectivity index is 1.57. The minimum Gasteiger partial charge on any atom is -0.497 e. The van der Waals surface area contributed by atoms with Gasteiger partial charge >= 0.3 is 0 Å². The third kappa shape index (κ3) is 4.36. The number of amides is 2. The van der Waals surface area contributed by atoms with Crippen LogP contribution in [0.1, 0.15) is 6.42 Å². The summed E-state index contributed by atoms with van der Waals surface area (Å²) in [6.07, 6.45) is 0.534. The first-order valence-corrected chi connectivity index (χ1v) is 9.04. The van der Waals surface area contributed by atoms with Crippen LogP contribution in [0, 0.1) is 11.8 Å². The first-order valence-electron chi connectivity index (χ1n) is 9.04. The van der Waals surface area contributed by atoms with E-state index in [1.807, 2.05) is 43.3 Å². The fourth-order valence-corrected chi connectivity index (χ4v) is 2.98. The van der Waals surface area contributed by atoms with Crippen molar-refractivity contribution in [2.24, 2.45) is 11.8 Å². The van der Waals surface area contributed by atoms with Crippen molar-refractivity contribution < 1.29 is 19.1 Å². The molecule has 1 fully saturated rings. The van der Waals surface area contributed by atoms with Gasteiger partial charge in [0.2, 0.25) is 11.8 Å². The average Bonchev–Trinajstić information content (AvgIpc) is 3.50. The number of hydrogen-bond acceptors (Lipinski definition) is 5. The number of nitrogens with one attached hydrogen (secondary N) is 2. The van der Waals surface area contributed by atoms with E-state index in [4.69, 9.17) is 9.47 Å². The molecule has 0 heterocycles. The Hall–Kier alpha value is -3.22.